The van der Waals surface area contributed by atoms with Crippen LogP contribution in [0.15, 0.2) is 54.7 Å². The molecule has 0 aliphatic carbocycles. The van der Waals surface area contributed by atoms with E-state index in [0.717, 1.165) is 38.4 Å². The predicted octanol–water partition coefficient (Wildman–Crippen LogP) is 4.31. The van der Waals surface area contributed by atoms with Gasteiger partial charge in [-0.25, -0.2) is 4.98 Å². The highest BCUT2D eigenvalue weighted by atomic mass is 32.1. The summed E-state index contributed by atoms with van der Waals surface area (Å²) in [5, 5.41) is 1.64. The predicted molar refractivity (Wildman–Crippen MR) is 95.2 cm³/mol. The lowest BCUT2D eigenvalue weighted by atomic mass is 10.1. The Morgan fingerprint density at radius 2 is 1.91 bits per heavy atom. The van der Waals surface area contributed by atoms with Gasteiger partial charge in [0.15, 0.2) is 5.13 Å². The zero-order chi connectivity index (χ0) is 15.8. The minimum atomic E-state index is 0.546. The van der Waals surface area contributed by atoms with E-state index in [1.807, 2.05) is 37.3 Å². The van der Waals surface area contributed by atoms with E-state index in [1.54, 1.807) is 6.20 Å². The second-order valence-corrected chi connectivity index (χ2v) is 6.34. The van der Waals surface area contributed by atoms with Crippen LogP contribution in [0.25, 0.3) is 32.7 Å². The van der Waals surface area contributed by atoms with E-state index in [1.165, 1.54) is 11.3 Å². The highest BCUT2D eigenvalue weighted by Crippen LogP contribution is 2.38. The first-order valence-corrected chi connectivity index (χ1v) is 8.08. The molecule has 4 aromatic rings. The maximum atomic E-state index is 5.97. The van der Waals surface area contributed by atoms with Gasteiger partial charge in [-0.15, -0.1) is 0 Å². The van der Waals surface area contributed by atoms with Gasteiger partial charge in [0.2, 0.25) is 0 Å². The number of benzene rings is 1. The fraction of sp³-hybridized carbons (Fsp3) is 0.0556. The number of rotatable bonds is 2. The number of hydrogen-bond donors (Lipinski definition) is 1. The van der Waals surface area contributed by atoms with Gasteiger partial charge >= 0.3 is 0 Å². The van der Waals surface area contributed by atoms with Crippen LogP contribution >= 0.6 is 11.3 Å². The summed E-state index contributed by atoms with van der Waals surface area (Å²) in [6, 6.07) is 16.1. The van der Waals surface area contributed by atoms with E-state index >= 15 is 0 Å². The monoisotopic (exact) mass is 318 g/mol. The molecular weight excluding hydrogens is 304 g/mol. The molecule has 3 aromatic heterocycles. The summed E-state index contributed by atoms with van der Waals surface area (Å²) in [7, 11) is 0. The Hall–Kier alpha value is -2.79. The number of thiazole rings is 1. The van der Waals surface area contributed by atoms with Gasteiger partial charge < -0.3 is 5.73 Å². The first-order chi connectivity index (χ1) is 11.2. The largest absolute Gasteiger partial charge is 0.375 e. The van der Waals surface area contributed by atoms with Crippen LogP contribution in [0, 0.1) is 6.92 Å². The normalized spacial score (nSPS) is 11.0. The van der Waals surface area contributed by atoms with Gasteiger partial charge in [-0.05, 0) is 42.8 Å². The number of hydrogen-bond acceptors (Lipinski definition) is 5. The molecule has 5 heteroatoms. The maximum absolute atomic E-state index is 5.97. The van der Waals surface area contributed by atoms with Gasteiger partial charge in [-0.3, -0.25) is 9.97 Å². The molecule has 1 aromatic carbocycles. The molecule has 0 spiro atoms. The van der Waals surface area contributed by atoms with Crippen molar-refractivity contribution in [3.63, 3.8) is 0 Å². The molecule has 0 saturated heterocycles. The third-order valence-electron chi connectivity index (χ3n) is 3.64. The molecule has 112 valence electrons. The van der Waals surface area contributed by atoms with Crippen molar-refractivity contribution in [3.05, 3.63) is 60.4 Å². The summed E-state index contributed by atoms with van der Waals surface area (Å²) in [6.45, 7) is 1.97. The van der Waals surface area contributed by atoms with Crippen molar-refractivity contribution in [2.45, 2.75) is 6.92 Å². The first kappa shape index (κ1) is 13.8. The number of aromatic nitrogens is 3. The van der Waals surface area contributed by atoms with Crippen molar-refractivity contribution >= 4 is 27.4 Å². The number of nitrogens with two attached hydrogens (primary N) is 1. The van der Waals surface area contributed by atoms with Crippen LogP contribution in [0.1, 0.15) is 5.69 Å². The van der Waals surface area contributed by atoms with Crippen LogP contribution in [0.2, 0.25) is 0 Å². The number of aryl methyl sites for hydroxylation is 1. The molecule has 0 amide bonds. The summed E-state index contributed by atoms with van der Waals surface area (Å²) in [5.41, 5.74) is 10.7. The van der Waals surface area contributed by atoms with Crippen LogP contribution in [0.3, 0.4) is 0 Å². The van der Waals surface area contributed by atoms with E-state index in [2.05, 4.69) is 33.2 Å². The summed E-state index contributed by atoms with van der Waals surface area (Å²) in [4.78, 5) is 14.5. The van der Waals surface area contributed by atoms with E-state index in [9.17, 15) is 0 Å². The Kier molecular flexibility index (Phi) is 3.28. The van der Waals surface area contributed by atoms with E-state index < -0.39 is 0 Å². The minimum absolute atomic E-state index is 0.546. The molecule has 4 nitrogen and oxygen atoms in total. The molecule has 4 rings (SSSR count). The zero-order valence-corrected chi connectivity index (χ0v) is 13.3. The number of nitrogen functional groups attached to an aromatic ring is 1. The van der Waals surface area contributed by atoms with Crippen LogP contribution in [-0.2, 0) is 0 Å². The number of nitrogens with zero attached hydrogens (tertiary/aromatic N) is 3. The smallest absolute Gasteiger partial charge is 0.181 e. The third kappa shape index (κ3) is 2.55. The molecule has 0 atom stereocenters. The highest BCUT2D eigenvalue weighted by molar-refractivity contribution is 7.19. The van der Waals surface area contributed by atoms with Crippen molar-refractivity contribution in [2.24, 2.45) is 0 Å². The third-order valence-corrected chi connectivity index (χ3v) is 4.57. The molecule has 0 aliphatic heterocycles. The average molecular weight is 318 g/mol. The summed E-state index contributed by atoms with van der Waals surface area (Å²) in [5.74, 6) is 0. The van der Waals surface area contributed by atoms with Crippen LogP contribution in [0.5, 0.6) is 0 Å². The topological polar surface area (TPSA) is 64.7 Å². The summed E-state index contributed by atoms with van der Waals surface area (Å²) >= 11 is 1.48. The molecule has 0 radical (unpaired) electrons. The number of fused-ring (bicyclic) bond motifs is 1. The molecule has 0 fully saturated rings. The fourth-order valence-corrected chi connectivity index (χ4v) is 3.44. The quantitative estimate of drug-likeness (QED) is 0.598. The van der Waals surface area contributed by atoms with E-state index in [-0.39, 0.29) is 0 Å². The lowest BCUT2D eigenvalue weighted by molar-refractivity contribution is 1.19. The molecule has 2 N–H and O–H groups in total. The summed E-state index contributed by atoms with van der Waals surface area (Å²) < 4.78 is 0. The van der Waals surface area contributed by atoms with Crippen LogP contribution in [-0.4, -0.2) is 15.0 Å². The Labute approximate surface area is 137 Å². The molecule has 3 heterocycles. The number of pyridine rings is 2. The Balaban J connectivity index is 1.91. The van der Waals surface area contributed by atoms with Gasteiger partial charge in [0.1, 0.15) is 5.69 Å². The van der Waals surface area contributed by atoms with Gasteiger partial charge in [0, 0.05) is 17.3 Å². The van der Waals surface area contributed by atoms with Gasteiger partial charge in [0.05, 0.1) is 16.1 Å². The molecule has 0 bridgehead atoms. The van der Waals surface area contributed by atoms with Crippen molar-refractivity contribution in [1.82, 2.24) is 15.0 Å². The lowest BCUT2D eigenvalue weighted by Crippen LogP contribution is -1.89. The SMILES string of the molecule is Cc1cccc(-c2nc(N)sc2-c2ccc3ncccc3c2)n1. The van der Waals surface area contributed by atoms with Crippen molar-refractivity contribution in [3.8, 4) is 21.8 Å². The fourth-order valence-electron chi connectivity index (χ4n) is 2.60. The minimum Gasteiger partial charge on any atom is -0.375 e. The number of anilines is 1. The molecule has 0 saturated carbocycles. The Bertz CT molecular complexity index is 1010. The summed E-state index contributed by atoms with van der Waals surface area (Å²) in [6.07, 6.45) is 1.80. The second kappa shape index (κ2) is 5.44. The van der Waals surface area contributed by atoms with Gasteiger partial charge in [-0.2, -0.15) is 0 Å². The highest BCUT2D eigenvalue weighted by Gasteiger charge is 2.15. The van der Waals surface area contributed by atoms with E-state index in [4.69, 9.17) is 5.73 Å². The zero-order valence-electron chi connectivity index (χ0n) is 12.5. The first-order valence-electron chi connectivity index (χ1n) is 7.26. The molecule has 0 unspecified atom stereocenters. The van der Waals surface area contributed by atoms with Crippen LogP contribution < -0.4 is 5.73 Å². The van der Waals surface area contributed by atoms with Crippen molar-refractivity contribution in [1.29, 1.82) is 0 Å². The average Bonchev–Trinajstić information content (AvgIpc) is 2.96. The standard InChI is InChI=1S/C18H14N4S/c1-11-4-2-6-15(21-11)16-17(23-18(19)22-16)13-7-8-14-12(10-13)5-3-9-20-14/h2-10H,1H3,(H2,19,22). The lowest BCUT2D eigenvalue weighted by Gasteiger charge is -2.04. The maximum Gasteiger partial charge on any atom is 0.181 e. The van der Waals surface area contributed by atoms with Crippen molar-refractivity contribution < 1.29 is 0 Å². The van der Waals surface area contributed by atoms with Gasteiger partial charge in [0.25, 0.3) is 0 Å². The van der Waals surface area contributed by atoms with Crippen LogP contribution in [0.4, 0.5) is 5.13 Å². The second-order valence-electron chi connectivity index (χ2n) is 5.30. The van der Waals surface area contributed by atoms with Gasteiger partial charge in [-0.1, -0.05) is 29.5 Å². The molecule has 0 aliphatic rings. The van der Waals surface area contributed by atoms with E-state index in [0.29, 0.717) is 5.13 Å². The Morgan fingerprint density at radius 3 is 2.78 bits per heavy atom. The Morgan fingerprint density at radius 1 is 1.00 bits per heavy atom. The molecule has 23 heavy (non-hydrogen) atoms. The molecular formula is C18H14N4S. The van der Waals surface area contributed by atoms with Crippen molar-refractivity contribution in [2.75, 3.05) is 5.73 Å².